The predicted molar refractivity (Wildman–Crippen MR) is 101 cm³/mol. The van der Waals surface area contributed by atoms with Gasteiger partial charge in [-0.15, -0.1) is 0 Å². The first-order valence-electron chi connectivity index (χ1n) is 8.56. The Labute approximate surface area is 157 Å². The highest BCUT2D eigenvalue weighted by Gasteiger charge is 2.18. The number of hydrogen-bond acceptors (Lipinski definition) is 4. The van der Waals surface area contributed by atoms with Gasteiger partial charge in [-0.3, -0.25) is 4.79 Å². The normalized spacial score (nSPS) is 17.1. The first-order valence-corrected chi connectivity index (χ1v) is 8.93. The van der Waals surface area contributed by atoms with Gasteiger partial charge in [0.15, 0.2) is 0 Å². The van der Waals surface area contributed by atoms with Gasteiger partial charge in [0, 0.05) is 35.1 Å². The largest absolute Gasteiger partial charge is 0.507 e. The van der Waals surface area contributed by atoms with Crippen LogP contribution in [0.2, 0.25) is 5.02 Å². The van der Waals surface area contributed by atoms with Gasteiger partial charge >= 0.3 is 0 Å². The number of aromatic nitrogens is 1. The van der Waals surface area contributed by atoms with E-state index in [9.17, 15) is 9.90 Å². The van der Waals surface area contributed by atoms with Crippen molar-refractivity contribution >= 4 is 23.7 Å². The molecular weight excluding hydrogens is 354 g/mol. The fourth-order valence-corrected chi connectivity index (χ4v) is 3.31. The number of halogens is 1. The van der Waals surface area contributed by atoms with Crippen molar-refractivity contribution in [1.29, 1.82) is 0 Å². The minimum absolute atomic E-state index is 0.0819. The number of aryl methyl sites for hydroxylation is 1. The molecule has 2 aromatic rings. The second kappa shape index (κ2) is 7.93. The number of nitrogens with zero attached hydrogens (tertiary/aromatic N) is 2. The fourth-order valence-electron chi connectivity index (χ4n) is 3.14. The third-order valence-corrected chi connectivity index (χ3v) is 4.83. The molecule has 1 fully saturated rings. The second-order valence-electron chi connectivity index (χ2n) is 6.43. The average molecular weight is 376 g/mol. The van der Waals surface area contributed by atoms with E-state index < -0.39 is 5.91 Å². The van der Waals surface area contributed by atoms with Crippen LogP contribution >= 0.6 is 11.6 Å². The number of nitrogens with one attached hydrogen (secondary N) is 1. The Morgan fingerprint density at radius 1 is 1.46 bits per heavy atom. The summed E-state index contributed by atoms with van der Waals surface area (Å²) in [5.74, 6) is -0.661. The molecule has 1 aromatic heterocycles. The number of amides is 1. The van der Waals surface area contributed by atoms with E-state index in [1.807, 2.05) is 19.9 Å². The van der Waals surface area contributed by atoms with Crippen LogP contribution in [-0.2, 0) is 11.3 Å². The molecule has 0 saturated carbocycles. The standard InChI is InChI=1S/C19H22ClN3O3/c1-12-8-14(13(2)23(12)11-16-4-3-7-26-16)10-21-22-19(25)17-9-15(20)5-6-18(17)24/h5-6,8-10,16,24H,3-4,7,11H2,1-2H3,(H,22,25)/b21-10-/t16-/m1/s1. The van der Waals surface area contributed by atoms with E-state index in [-0.39, 0.29) is 17.4 Å². The van der Waals surface area contributed by atoms with Crippen molar-refractivity contribution in [2.24, 2.45) is 5.10 Å². The van der Waals surface area contributed by atoms with Crippen LogP contribution in [0.1, 0.15) is 40.2 Å². The van der Waals surface area contributed by atoms with Crippen molar-refractivity contribution in [3.05, 3.63) is 51.8 Å². The van der Waals surface area contributed by atoms with E-state index in [1.54, 1.807) is 6.21 Å². The highest BCUT2D eigenvalue weighted by Crippen LogP contribution is 2.21. The Balaban J connectivity index is 1.68. The molecule has 1 atom stereocenters. The fraction of sp³-hybridized carbons (Fsp3) is 0.368. The highest BCUT2D eigenvalue weighted by atomic mass is 35.5. The smallest absolute Gasteiger partial charge is 0.275 e. The maximum atomic E-state index is 12.1. The van der Waals surface area contributed by atoms with Crippen LogP contribution in [-0.4, -0.2) is 34.5 Å². The molecule has 7 heteroatoms. The van der Waals surface area contributed by atoms with Crippen molar-refractivity contribution in [3.63, 3.8) is 0 Å². The van der Waals surface area contributed by atoms with Crippen molar-refractivity contribution < 1.29 is 14.6 Å². The Hall–Kier alpha value is -2.31. The van der Waals surface area contributed by atoms with E-state index in [4.69, 9.17) is 16.3 Å². The molecule has 2 heterocycles. The number of benzene rings is 1. The van der Waals surface area contributed by atoms with E-state index in [0.717, 1.165) is 42.9 Å². The van der Waals surface area contributed by atoms with E-state index in [2.05, 4.69) is 15.1 Å². The molecule has 138 valence electrons. The molecule has 26 heavy (non-hydrogen) atoms. The lowest BCUT2D eigenvalue weighted by Gasteiger charge is -2.14. The molecular formula is C19H22ClN3O3. The van der Waals surface area contributed by atoms with Crippen LogP contribution in [0.3, 0.4) is 0 Å². The van der Waals surface area contributed by atoms with Crippen LogP contribution in [0.4, 0.5) is 0 Å². The third kappa shape index (κ3) is 4.08. The van der Waals surface area contributed by atoms with Crippen molar-refractivity contribution in [3.8, 4) is 5.75 Å². The SMILES string of the molecule is Cc1cc(/C=N\NC(=O)c2cc(Cl)ccc2O)c(C)n1C[C@H]1CCCO1. The summed E-state index contributed by atoms with van der Waals surface area (Å²) in [6.07, 6.45) is 4.06. The Morgan fingerprint density at radius 3 is 3.00 bits per heavy atom. The summed E-state index contributed by atoms with van der Waals surface area (Å²) in [7, 11) is 0. The highest BCUT2D eigenvalue weighted by molar-refractivity contribution is 6.31. The molecule has 0 spiro atoms. The average Bonchev–Trinajstić information content (AvgIpc) is 3.21. The lowest BCUT2D eigenvalue weighted by molar-refractivity contribution is 0.0951. The van der Waals surface area contributed by atoms with Crippen LogP contribution < -0.4 is 5.43 Å². The van der Waals surface area contributed by atoms with Crippen LogP contribution in [0.25, 0.3) is 0 Å². The molecule has 1 aliphatic heterocycles. The summed E-state index contributed by atoms with van der Waals surface area (Å²) >= 11 is 5.86. The van der Waals surface area contributed by atoms with Crippen molar-refractivity contribution in [2.75, 3.05) is 6.61 Å². The summed E-state index contributed by atoms with van der Waals surface area (Å²) in [5, 5.41) is 14.1. The number of hydrazone groups is 1. The van der Waals surface area contributed by atoms with Gasteiger partial charge in [0.25, 0.3) is 5.91 Å². The van der Waals surface area contributed by atoms with Gasteiger partial charge in [-0.05, 0) is 51.0 Å². The number of carbonyl (C=O) groups is 1. The molecule has 1 saturated heterocycles. The van der Waals surface area contributed by atoms with Crippen LogP contribution in [0.5, 0.6) is 5.75 Å². The van der Waals surface area contributed by atoms with Gasteiger partial charge in [0.1, 0.15) is 5.75 Å². The zero-order valence-electron chi connectivity index (χ0n) is 14.8. The first kappa shape index (κ1) is 18.5. The maximum Gasteiger partial charge on any atom is 0.275 e. The van der Waals surface area contributed by atoms with Crippen molar-refractivity contribution in [1.82, 2.24) is 9.99 Å². The first-order chi connectivity index (χ1) is 12.5. The van der Waals surface area contributed by atoms with E-state index in [0.29, 0.717) is 5.02 Å². The maximum absolute atomic E-state index is 12.1. The summed E-state index contributed by atoms with van der Waals surface area (Å²) in [6.45, 7) is 5.73. The number of rotatable bonds is 5. The monoisotopic (exact) mass is 375 g/mol. The summed E-state index contributed by atoms with van der Waals surface area (Å²) in [6, 6.07) is 6.31. The molecule has 1 amide bonds. The third-order valence-electron chi connectivity index (χ3n) is 4.60. The van der Waals surface area contributed by atoms with Crippen molar-refractivity contribution in [2.45, 2.75) is 39.3 Å². The molecule has 0 radical (unpaired) electrons. The number of carbonyl (C=O) groups excluding carboxylic acids is 1. The number of ether oxygens (including phenoxy) is 1. The number of phenolic OH excluding ortho intramolecular Hbond substituents is 1. The summed E-state index contributed by atoms with van der Waals surface area (Å²) in [5.41, 5.74) is 5.63. The van der Waals surface area contributed by atoms with E-state index in [1.165, 1.54) is 18.2 Å². The molecule has 0 unspecified atom stereocenters. The molecule has 1 aromatic carbocycles. The summed E-state index contributed by atoms with van der Waals surface area (Å²) < 4.78 is 7.92. The Morgan fingerprint density at radius 2 is 2.27 bits per heavy atom. The van der Waals surface area contributed by atoms with Crippen LogP contribution in [0, 0.1) is 13.8 Å². The predicted octanol–water partition coefficient (Wildman–Crippen LogP) is 3.41. The Bertz CT molecular complexity index is 839. The molecule has 6 nitrogen and oxygen atoms in total. The number of hydrogen-bond donors (Lipinski definition) is 2. The molecule has 2 N–H and O–H groups in total. The zero-order valence-corrected chi connectivity index (χ0v) is 15.6. The van der Waals surface area contributed by atoms with Gasteiger partial charge in [0.05, 0.1) is 17.9 Å². The lowest BCUT2D eigenvalue weighted by atomic mass is 10.2. The zero-order chi connectivity index (χ0) is 18.7. The van der Waals surface area contributed by atoms with Gasteiger partial charge in [-0.1, -0.05) is 11.6 Å². The second-order valence-corrected chi connectivity index (χ2v) is 6.87. The quantitative estimate of drug-likeness (QED) is 0.621. The Kier molecular flexibility index (Phi) is 5.64. The molecule has 3 rings (SSSR count). The van der Waals surface area contributed by atoms with Gasteiger partial charge in [-0.2, -0.15) is 5.10 Å². The number of phenols is 1. The molecule has 0 bridgehead atoms. The number of aromatic hydroxyl groups is 1. The van der Waals surface area contributed by atoms with Gasteiger partial charge in [-0.25, -0.2) is 5.43 Å². The molecule has 0 aliphatic carbocycles. The van der Waals surface area contributed by atoms with Crippen LogP contribution in [0.15, 0.2) is 29.4 Å². The van der Waals surface area contributed by atoms with Gasteiger partial charge < -0.3 is 14.4 Å². The summed E-state index contributed by atoms with van der Waals surface area (Å²) in [4.78, 5) is 12.1. The topological polar surface area (TPSA) is 75.9 Å². The van der Waals surface area contributed by atoms with Gasteiger partial charge in [0.2, 0.25) is 0 Å². The lowest BCUT2D eigenvalue weighted by Crippen LogP contribution is -2.18. The minimum Gasteiger partial charge on any atom is -0.507 e. The van der Waals surface area contributed by atoms with E-state index >= 15 is 0 Å². The molecule has 1 aliphatic rings. The minimum atomic E-state index is -0.519.